The second-order valence-corrected chi connectivity index (χ2v) is 8.04. The van der Waals surface area contributed by atoms with Gasteiger partial charge in [-0.2, -0.15) is 0 Å². The molecule has 8 heteroatoms. The van der Waals surface area contributed by atoms with E-state index in [0.29, 0.717) is 27.9 Å². The zero-order valence-corrected chi connectivity index (χ0v) is 18.8. The number of aromatic nitrogens is 4. The second kappa shape index (κ2) is 8.44. The molecule has 0 unspecified atom stereocenters. The zero-order chi connectivity index (χ0) is 22.9. The molecule has 0 aliphatic rings. The van der Waals surface area contributed by atoms with Crippen LogP contribution in [0.2, 0.25) is 5.02 Å². The van der Waals surface area contributed by atoms with Crippen molar-refractivity contribution >= 4 is 45.6 Å². The lowest BCUT2D eigenvalue weighted by Crippen LogP contribution is -2.20. The number of hydrogen-bond acceptors (Lipinski definition) is 5. The van der Waals surface area contributed by atoms with Gasteiger partial charge in [-0.3, -0.25) is 9.48 Å². The van der Waals surface area contributed by atoms with Crippen LogP contribution in [0.5, 0.6) is 0 Å². The molecule has 0 fully saturated rings. The third kappa shape index (κ3) is 3.94. The van der Waals surface area contributed by atoms with Gasteiger partial charge in [0.2, 0.25) is 0 Å². The van der Waals surface area contributed by atoms with E-state index in [4.69, 9.17) is 21.6 Å². The first-order valence-corrected chi connectivity index (χ1v) is 10.8. The summed E-state index contributed by atoms with van der Waals surface area (Å²) in [5.41, 5.74) is 4.02. The quantitative estimate of drug-likeness (QED) is 0.361. The standard InChI is InChI=1S/C25H21ClN6O/c1-16-22(25(33)32(31(16)2)19-11-4-3-5-12-19)30-24-23(27-18-10-8-9-17(26)15-18)28-20-13-6-7-14-21(20)29-24/h3-15H,1-2H3,(H,27,28)(H,29,30). The molecular formula is C25H21ClN6O. The number of anilines is 4. The Kier molecular flexibility index (Phi) is 5.32. The smallest absolute Gasteiger partial charge is 0.295 e. The van der Waals surface area contributed by atoms with Gasteiger partial charge in [-0.25, -0.2) is 14.6 Å². The van der Waals surface area contributed by atoms with Crippen LogP contribution in [0.15, 0.2) is 83.7 Å². The van der Waals surface area contributed by atoms with Crippen LogP contribution in [0.25, 0.3) is 16.7 Å². The third-order valence-corrected chi connectivity index (χ3v) is 5.69. The molecule has 0 spiro atoms. The topological polar surface area (TPSA) is 76.8 Å². The minimum Gasteiger partial charge on any atom is -0.337 e. The summed E-state index contributed by atoms with van der Waals surface area (Å²) < 4.78 is 3.44. The Balaban J connectivity index is 1.62. The molecule has 0 saturated carbocycles. The Morgan fingerprint density at radius 1 is 0.818 bits per heavy atom. The monoisotopic (exact) mass is 456 g/mol. The molecular weight excluding hydrogens is 436 g/mol. The summed E-state index contributed by atoms with van der Waals surface area (Å²) in [5.74, 6) is 0.935. The van der Waals surface area contributed by atoms with Gasteiger partial charge in [0.05, 0.1) is 22.4 Å². The SMILES string of the molecule is Cc1c(Nc2nc3ccccc3nc2Nc2cccc(Cl)c2)c(=O)n(-c2ccccc2)n1C. The van der Waals surface area contributed by atoms with Gasteiger partial charge in [-0.1, -0.05) is 48.0 Å². The first-order valence-electron chi connectivity index (χ1n) is 10.4. The molecule has 2 heterocycles. The van der Waals surface area contributed by atoms with Crippen molar-refractivity contribution < 1.29 is 0 Å². The summed E-state index contributed by atoms with van der Waals surface area (Å²) in [6.45, 7) is 1.89. The van der Waals surface area contributed by atoms with Crippen molar-refractivity contribution in [2.24, 2.45) is 7.05 Å². The lowest BCUT2D eigenvalue weighted by atomic mass is 10.3. The fourth-order valence-corrected chi connectivity index (χ4v) is 3.90. The maximum Gasteiger partial charge on any atom is 0.295 e. The molecule has 3 aromatic carbocycles. The molecule has 0 amide bonds. The van der Waals surface area contributed by atoms with Gasteiger partial charge in [0.1, 0.15) is 5.69 Å². The molecule has 7 nitrogen and oxygen atoms in total. The van der Waals surface area contributed by atoms with E-state index in [1.165, 1.54) is 0 Å². The summed E-state index contributed by atoms with van der Waals surface area (Å²) in [6.07, 6.45) is 0. The number of nitrogens with zero attached hydrogens (tertiary/aromatic N) is 4. The Morgan fingerprint density at radius 3 is 2.12 bits per heavy atom. The van der Waals surface area contributed by atoms with Crippen molar-refractivity contribution in [2.75, 3.05) is 10.6 Å². The summed E-state index contributed by atoms with van der Waals surface area (Å²) in [4.78, 5) is 22.9. The van der Waals surface area contributed by atoms with Gasteiger partial charge in [0.25, 0.3) is 5.56 Å². The van der Waals surface area contributed by atoms with Gasteiger partial charge >= 0.3 is 0 Å². The van der Waals surface area contributed by atoms with Crippen LogP contribution in [0, 0.1) is 6.92 Å². The van der Waals surface area contributed by atoms with Crippen molar-refractivity contribution in [1.82, 2.24) is 19.3 Å². The molecule has 2 aromatic heterocycles. The minimum atomic E-state index is -0.176. The number of rotatable bonds is 5. The molecule has 0 bridgehead atoms. The molecule has 0 saturated heterocycles. The van der Waals surface area contributed by atoms with Gasteiger partial charge in [-0.05, 0) is 49.4 Å². The van der Waals surface area contributed by atoms with E-state index in [-0.39, 0.29) is 5.56 Å². The zero-order valence-electron chi connectivity index (χ0n) is 18.1. The minimum absolute atomic E-state index is 0.176. The number of hydrogen-bond donors (Lipinski definition) is 2. The van der Waals surface area contributed by atoms with E-state index in [1.54, 1.807) is 16.8 Å². The average Bonchev–Trinajstić information content (AvgIpc) is 3.03. The number of fused-ring (bicyclic) bond motifs is 1. The number of para-hydroxylation sites is 3. The molecule has 0 atom stereocenters. The second-order valence-electron chi connectivity index (χ2n) is 7.61. The van der Waals surface area contributed by atoms with Gasteiger partial charge in [-0.15, -0.1) is 0 Å². The predicted octanol–water partition coefficient (Wildman–Crippen LogP) is 5.57. The maximum atomic E-state index is 13.4. The largest absolute Gasteiger partial charge is 0.337 e. The highest BCUT2D eigenvalue weighted by Gasteiger charge is 2.19. The number of benzene rings is 3. The predicted molar refractivity (Wildman–Crippen MR) is 133 cm³/mol. The summed E-state index contributed by atoms with van der Waals surface area (Å²) in [7, 11) is 1.85. The van der Waals surface area contributed by atoms with Crippen LogP contribution < -0.4 is 16.2 Å². The maximum absolute atomic E-state index is 13.4. The normalized spacial score (nSPS) is 11.0. The van der Waals surface area contributed by atoms with E-state index in [9.17, 15) is 4.79 Å². The van der Waals surface area contributed by atoms with Crippen molar-refractivity contribution in [2.45, 2.75) is 6.92 Å². The van der Waals surface area contributed by atoms with Gasteiger partial charge in [0.15, 0.2) is 11.6 Å². The van der Waals surface area contributed by atoms with Crippen LogP contribution in [-0.2, 0) is 7.05 Å². The summed E-state index contributed by atoms with van der Waals surface area (Å²) in [6, 6.07) is 24.5. The molecule has 5 aromatic rings. The highest BCUT2D eigenvalue weighted by molar-refractivity contribution is 6.30. The lowest BCUT2D eigenvalue weighted by molar-refractivity contribution is 0.630. The first kappa shape index (κ1) is 20.8. The average molecular weight is 457 g/mol. The highest BCUT2D eigenvalue weighted by Crippen LogP contribution is 2.29. The molecule has 2 N–H and O–H groups in total. The van der Waals surface area contributed by atoms with E-state index in [2.05, 4.69) is 10.6 Å². The molecule has 164 valence electrons. The van der Waals surface area contributed by atoms with Crippen LogP contribution in [0.1, 0.15) is 5.69 Å². The first-order chi connectivity index (χ1) is 16.0. The summed E-state index contributed by atoms with van der Waals surface area (Å²) >= 11 is 6.16. The van der Waals surface area contributed by atoms with Gasteiger partial charge < -0.3 is 10.6 Å². The molecule has 0 aliphatic carbocycles. The highest BCUT2D eigenvalue weighted by atomic mass is 35.5. The van der Waals surface area contributed by atoms with E-state index >= 15 is 0 Å². The number of halogens is 1. The Morgan fingerprint density at radius 2 is 1.45 bits per heavy atom. The molecule has 5 rings (SSSR count). The summed E-state index contributed by atoms with van der Waals surface area (Å²) in [5, 5.41) is 7.13. The van der Waals surface area contributed by atoms with E-state index in [0.717, 1.165) is 22.6 Å². The molecule has 33 heavy (non-hydrogen) atoms. The Bertz CT molecular complexity index is 1520. The van der Waals surface area contributed by atoms with Crippen molar-refractivity contribution in [3.8, 4) is 5.69 Å². The van der Waals surface area contributed by atoms with Crippen LogP contribution in [0.3, 0.4) is 0 Å². The van der Waals surface area contributed by atoms with Crippen molar-refractivity contribution in [1.29, 1.82) is 0 Å². The Labute approximate surface area is 195 Å². The van der Waals surface area contributed by atoms with Crippen molar-refractivity contribution in [3.05, 3.63) is 99.9 Å². The third-order valence-electron chi connectivity index (χ3n) is 5.46. The fraction of sp³-hybridized carbons (Fsp3) is 0.0800. The van der Waals surface area contributed by atoms with Crippen LogP contribution in [-0.4, -0.2) is 19.3 Å². The molecule has 0 aliphatic heterocycles. The Hall–Kier alpha value is -4.10. The van der Waals surface area contributed by atoms with Gasteiger partial charge in [0, 0.05) is 17.8 Å². The van der Waals surface area contributed by atoms with E-state index in [1.807, 2.05) is 85.4 Å². The van der Waals surface area contributed by atoms with Crippen molar-refractivity contribution in [3.63, 3.8) is 0 Å². The molecule has 0 radical (unpaired) electrons. The van der Waals surface area contributed by atoms with Crippen LogP contribution >= 0.6 is 11.6 Å². The van der Waals surface area contributed by atoms with Crippen LogP contribution in [0.4, 0.5) is 23.0 Å². The lowest BCUT2D eigenvalue weighted by Gasteiger charge is -2.13. The fourth-order valence-electron chi connectivity index (χ4n) is 3.71. The number of nitrogens with one attached hydrogen (secondary N) is 2. The van der Waals surface area contributed by atoms with E-state index < -0.39 is 0 Å².